The topological polar surface area (TPSA) is 93.1 Å². The van der Waals surface area contributed by atoms with Gasteiger partial charge in [-0.1, -0.05) is 73.5 Å². The molecule has 0 radical (unpaired) electrons. The van der Waals surface area contributed by atoms with Gasteiger partial charge >= 0.3 is 6.03 Å². The lowest BCUT2D eigenvalue weighted by Gasteiger charge is -2.23. The standard InChI is InChI=1S/C25H28N4O3S/c1-17(22(30)28-24(32)26-19-12-6-3-7-13-19)33-25-27-21-15-9-8-14-20(21)23(31)29(25)16-18-10-4-2-5-11-18/h2,4-5,8-11,14-15,17,19H,3,6-7,12-13,16H2,1H3,(H2,26,28,30,32). The van der Waals surface area contributed by atoms with Crippen LogP contribution in [0.1, 0.15) is 44.6 Å². The Bertz CT molecular complexity index is 1190. The minimum Gasteiger partial charge on any atom is -0.335 e. The highest BCUT2D eigenvalue weighted by molar-refractivity contribution is 8.00. The largest absolute Gasteiger partial charge is 0.335 e. The molecular formula is C25H28N4O3S. The van der Waals surface area contributed by atoms with Crippen molar-refractivity contribution < 1.29 is 9.59 Å². The van der Waals surface area contributed by atoms with Gasteiger partial charge in [0.05, 0.1) is 22.7 Å². The van der Waals surface area contributed by atoms with Crippen LogP contribution in [0.25, 0.3) is 10.9 Å². The minimum atomic E-state index is -0.614. The molecule has 33 heavy (non-hydrogen) atoms. The maximum Gasteiger partial charge on any atom is 0.321 e. The second kappa shape index (κ2) is 10.7. The molecule has 1 aromatic heterocycles. The first kappa shape index (κ1) is 23.0. The van der Waals surface area contributed by atoms with E-state index < -0.39 is 17.2 Å². The third-order valence-electron chi connectivity index (χ3n) is 5.84. The van der Waals surface area contributed by atoms with Gasteiger partial charge in [0.2, 0.25) is 5.91 Å². The van der Waals surface area contributed by atoms with Crippen LogP contribution in [0.5, 0.6) is 0 Å². The number of aromatic nitrogens is 2. The Labute approximate surface area is 197 Å². The molecule has 8 heteroatoms. The fourth-order valence-electron chi connectivity index (χ4n) is 4.04. The lowest BCUT2D eigenvalue weighted by molar-refractivity contribution is -0.119. The van der Waals surface area contributed by atoms with Crippen LogP contribution in [-0.2, 0) is 11.3 Å². The van der Waals surface area contributed by atoms with Gasteiger partial charge in [0.25, 0.3) is 5.56 Å². The Hall–Kier alpha value is -3.13. The van der Waals surface area contributed by atoms with Crippen molar-refractivity contribution in [2.24, 2.45) is 0 Å². The van der Waals surface area contributed by atoms with Crippen LogP contribution in [-0.4, -0.2) is 32.8 Å². The molecule has 2 aromatic carbocycles. The van der Waals surface area contributed by atoms with Crippen molar-refractivity contribution >= 4 is 34.6 Å². The summed E-state index contributed by atoms with van der Waals surface area (Å²) in [6.07, 6.45) is 5.27. The number of amides is 3. The number of fused-ring (bicyclic) bond motifs is 1. The summed E-state index contributed by atoms with van der Waals surface area (Å²) >= 11 is 1.17. The van der Waals surface area contributed by atoms with Gasteiger partial charge in [-0.05, 0) is 37.5 Å². The second-order valence-corrected chi connectivity index (χ2v) is 9.65. The average molecular weight is 465 g/mol. The van der Waals surface area contributed by atoms with E-state index in [9.17, 15) is 14.4 Å². The zero-order valence-corrected chi connectivity index (χ0v) is 19.4. The molecule has 1 heterocycles. The molecule has 0 spiro atoms. The number of para-hydroxylation sites is 1. The van der Waals surface area contributed by atoms with Crippen molar-refractivity contribution in [3.63, 3.8) is 0 Å². The maximum atomic E-state index is 13.2. The summed E-state index contributed by atoms with van der Waals surface area (Å²) in [6, 6.07) is 16.5. The monoisotopic (exact) mass is 464 g/mol. The highest BCUT2D eigenvalue weighted by atomic mass is 32.2. The molecular weight excluding hydrogens is 436 g/mol. The first-order valence-electron chi connectivity index (χ1n) is 11.3. The lowest BCUT2D eigenvalue weighted by atomic mass is 9.96. The normalized spacial score (nSPS) is 15.2. The number of carbonyl (C=O) groups is 2. The Morgan fingerprint density at radius 2 is 1.76 bits per heavy atom. The zero-order chi connectivity index (χ0) is 23.2. The van der Waals surface area contributed by atoms with E-state index >= 15 is 0 Å². The molecule has 0 aliphatic heterocycles. The molecule has 3 aromatic rings. The number of urea groups is 1. The number of rotatable bonds is 6. The number of hydrogen-bond acceptors (Lipinski definition) is 5. The summed E-state index contributed by atoms with van der Waals surface area (Å²) in [4.78, 5) is 42.9. The second-order valence-electron chi connectivity index (χ2n) is 8.35. The van der Waals surface area contributed by atoms with Crippen LogP contribution in [0.2, 0.25) is 0 Å². The fourth-order valence-corrected chi connectivity index (χ4v) is 4.94. The SMILES string of the molecule is CC(Sc1nc2ccccc2c(=O)n1Cc1ccccc1)C(=O)NC(=O)NC1CCCCC1. The van der Waals surface area contributed by atoms with Crippen LogP contribution < -0.4 is 16.2 Å². The third kappa shape index (κ3) is 5.82. The highest BCUT2D eigenvalue weighted by Crippen LogP contribution is 2.23. The number of imide groups is 1. The average Bonchev–Trinajstić information content (AvgIpc) is 2.82. The summed E-state index contributed by atoms with van der Waals surface area (Å²) in [7, 11) is 0. The predicted octanol–water partition coefficient (Wildman–Crippen LogP) is 4.08. The number of nitrogens with zero attached hydrogens (tertiary/aromatic N) is 2. The van der Waals surface area contributed by atoms with Crippen LogP contribution in [0, 0.1) is 0 Å². The van der Waals surface area contributed by atoms with Crippen LogP contribution in [0.15, 0.2) is 64.5 Å². The Balaban J connectivity index is 1.52. The van der Waals surface area contributed by atoms with Gasteiger partial charge in [0, 0.05) is 6.04 Å². The quantitative estimate of drug-likeness (QED) is 0.424. The van der Waals surface area contributed by atoms with E-state index in [1.54, 1.807) is 23.6 Å². The molecule has 1 unspecified atom stereocenters. The van der Waals surface area contributed by atoms with Crippen molar-refractivity contribution in [2.75, 3.05) is 0 Å². The van der Waals surface area contributed by atoms with Gasteiger partial charge in [-0.25, -0.2) is 9.78 Å². The van der Waals surface area contributed by atoms with E-state index in [4.69, 9.17) is 0 Å². The number of hydrogen-bond donors (Lipinski definition) is 2. The van der Waals surface area contributed by atoms with Crippen molar-refractivity contribution in [2.45, 2.75) is 62.0 Å². The Morgan fingerprint density at radius 1 is 1.06 bits per heavy atom. The van der Waals surface area contributed by atoms with E-state index in [2.05, 4.69) is 15.6 Å². The smallest absolute Gasteiger partial charge is 0.321 e. The minimum absolute atomic E-state index is 0.118. The maximum absolute atomic E-state index is 13.2. The fraction of sp³-hybridized carbons (Fsp3) is 0.360. The highest BCUT2D eigenvalue weighted by Gasteiger charge is 2.23. The zero-order valence-electron chi connectivity index (χ0n) is 18.6. The lowest BCUT2D eigenvalue weighted by Crippen LogP contribution is -2.47. The van der Waals surface area contributed by atoms with Crippen LogP contribution in [0.3, 0.4) is 0 Å². The summed E-state index contributed by atoms with van der Waals surface area (Å²) in [5.74, 6) is -0.415. The molecule has 1 saturated carbocycles. The Kier molecular flexibility index (Phi) is 7.44. The summed E-state index contributed by atoms with van der Waals surface area (Å²) < 4.78 is 1.59. The Morgan fingerprint density at radius 3 is 2.52 bits per heavy atom. The van der Waals surface area contributed by atoms with Crippen molar-refractivity contribution in [1.82, 2.24) is 20.2 Å². The van der Waals surface area contributed by atoms with E-state index in [-0.39, 0.29) is 11.6 Å². The van der Waals surface area contributed by atoms with Crippen molar-refractivity contribution in [1.29, 1.82) is 0 Å². The number of benzene rings is 2. The summed E-state index contributed by atoms with van der Waals surface area (Å²) in [5.41, 5.74) is 1.38. The number of carbonyl (C=O) groups excluding carboxylic acids is 2. The van der Waals surface area contributed by atoms with E-state index in [0.717, 1.165) is 31.2 Å². The van der Waals surface area contributed by atoms with Gasteiger partial charge < -0.3 is 5.32 Å². The van der Waals surface area contributed by atoms with Gasteiger partial charge in [-0.3, -0.25) is 19.5 Å². The van der Waals surface area contributed by atoms with E-state index in [1.165, 1.54) is 18.2 Å². The molecule has 4 rings (SSSR count). The molecule has 0 saturated heterocycles. The predicted molar refractivity (Wildman–Crippen MR) is 130 cm³/mol. The molecule has 1 aliphatic carbocycles. The number of thioether (sulfide) groups is 1. The summed E-state index contributed by atoms with van der Waals surface area (Å²) in [5, 5.41) is 5.70. The summed E-state index contributed by atoms with van der Waals surface area (Å²) in [6.45, 7) is 2.05. The molecule has 1 fully saturated rings. The van der Waals surface area contributed by atoms with Crippen molar-refractivity contribution in [3.8, 4) is 0 Å². The third-order valence-corrected chi connectivity index (χ3v) is 6.93. The van der Waals surface area contributed by atoms with Crippen LogP contribution >= 0.6 is 11.8 Å². The first-order chi connectivity index (χ1) is 16.0. The van der Waals surface area contributed by atoms with Gasteiger partial charge in [0.15, 0.2) is 5.16 Å². The van der Waals surface area contributed by atoms with Gasteiger partial charge in [-0.15, -0.1) is 0 Å². The molecule has 1 aliphatic rings. The molecule has 0 bridgehead atoms. The molecule has 172 valence electrons. The first-order valence-corrected chi connectivity index (χ1v) is 12.2. The van der Waals surface area contributed by atoms with Gasteiger partial charge in [0.1, 0.15) is 0 Å². The molecule has 3 amide bonds. The number of nitrogens with one attached hydrogen (secondary N) is 2. The van der Waals surface area contributed by atoms with Gasteiger partial charge in [-0.2, -0.15) is 0 Å². The van der Waals surface area contributed by atoms with Crippen molar-refractivity contribution in [3.05, 3.63) is 70.5 Å². The van der Waals surface area contributed by atoms with Crippen LogP contribution in [0.4, 0.5) is 4.79 Å². The molecule has 2 N–H and O–H groups in total. The molecule has 1 atom stereocenters. The molecule has 7 nitrogen and oxygen atoms in total. The van der Waals surface area contributed by atoms with E-state index in [0.29, 0.717) is 22.6 Å². The van der Waals surface area contributed by atoms with E-state index in [1.807, 2.05) is 42.5 Å².